The van der Waals surface area contributed by atoms with Crippen LogP contribution in [0, 0.1) is 0 Å². The van der Waals surface area contributed by atoms with Gasteiger partial charge in [-0.05, 0) is 25.5 Å². The van der Waals surface area contributed by atoms with Gasteiger partial charge in [0.15, 0.2) is 0 Å². The van der Waals surface area contributed by atoms with Crippen molar-refractivity contribution in [1.82, 2.24) is 24.8 Å². The number of esters is 1. The molecule has 1 fully saturated rings. The van der Waals surface area contributed by atoms with Gasteiger partial charge in [-0.2, -0.15) is 5.10 Å². The molecule has 2 atom stereocenters. The van der Waals surface area contributed by atoms with E-state index in [1.165, 1.54) is 0 Å². The van der Waals surface area contributed by atoms with E-state index in [0.29, 0.717) is 17.6 Å². The Labute approximate surface area is 152 Å². The van der Waals surface area contributed by atoms with Gasteiger partial charge >= 0.3 is 5.97 Å². The van der Waals surface area contributed by atoms with Crippen molar-refractivity contribution in [3.8, 4) is 5.69 Å². The predicted molar refractivity (Wildman–Crippen MR) is 96.0 cm³/mol. The molecule has 8 heteroatoms. The average Bonchev–Trinajstić information content (AvgIpc) is 3.07. The van der Waals surface area contributed by atoms with Crippen molar-refractivity contribution in [1.29, 1.82) is 0 Å². The number of hydrogen-bond donors (Lipinski definition) is 0. The monoisotopic (exact) mass is 347 g/mol. The van der Waals surface area contributed by atoms with Gasteiger partial charge in [0.05, 0.1) is 29.9 Å². The Bertz CT molecular complexity index is 964. The number of aryl methyl sites for hydroxylation is 1. The third-order valence-electron chi connectivity index (χ3n) is 4.56. The molecule has 2 heterocycles. The Balaban J connectivity index is 1.75. The summed E-state index contributed by atoms with van der Waals surface area (Å²) in [6.07, 6.45) is 4.37. The minimum Gasteiger partial charge on any atom is -0.462 e. The molecule has 0 N–H and O–H groups in total. The summed E-state index contributed by atoms with van der Waals surface area (Å²) in [7, 11) is 7.76. The van der Waals surface area contributed by atoms with Crippen molar-refractivity contribution >= 4 is 19.3 Å². The highest BCUT2D eigenvalue weighted by Gasteiger charge is 2.46. The minimum absolute atomic E-state index is 0.134. The topological polar surface area (TPSA) is 74.8 Å². The number of carbonyl (C=O) groups excluding carboxylic acids is 1. The first-order valence-corrected chi connectivity index (χ1v) is 8.55. The molecule has 0 bridgehead atoms. The lowest BCUT2D eigenvalue weighted by Crippen LogP contribution is -2.11. The molecule has 1 aliphatic rings. The largest absolute Gasteiger partial charge is 0.462 e. The zero-order valence-electron chi connectivity index (χ0n) is 14.7. The van der Waals surface area contributed by atoms with Crippen molar-refractivity contribution in [2.75, 3.05) is 6.61 Å². The Morgan fingerprint density at radius 3 is 2.92 bits per heavy atom. The highest BCUT2D eigenvalue weighted by molar-refractivity contribution is 6.32. The van der Waals surface area contributed by atoms with Crippen LogP contribution in [0.25, 0.3) is 5.69 Å². The first-order chi connectivity index (χ1) is 12.6. The molecule has 0 saturated heterocycles. The first kappa shape index (κ1) is 16.6. The molecule has 1 saturated carbocycles. The molecule has 0 unspecified atom stereocenters. The standard InChI is InChI=1S/C18H18BN5O2/c1-3-26-18(25)15-9-20-24(12-6-4-5-11(19)7-12)17(15)14-8-13(14)16-10-23(2)22-21-16/h4-7,9-10,13-14H,3,8H2,1-2H3/t13-,14-/m1/s1. The number of nitrogens with zero attached hydrogens (tertiary/aromatic N) is 5. The lowest BCUT2D eigenvalue weighted by molar-refractivity contribution is 0.0525. The van der Waals surface area contributed by atoms with E-state index < -0.39 is 0 Å². The fraction of sp³-hybridized carbons (Fsp3) is 0.333. The summed E-state index contributed by atoms with van der Waals surface area (Å²) in [6, 6.07) is 7.44. The summed E-state index contributed by atoms with van der Waals surface area (Å²) in [5.41, 5.74) is 3.71. The Hall–Kier alpha value is -2.90. The molecule has 0 aliphatic heterocycles. The minimum atomic E-state index is -0.359. The third kappa shape index (κ3) is 2.91. The highest BCUT2D eigenvalue weighted by atomic mass is 16.5. The van der Waals surface area contributed by atoms with Crippen molar-refractivity contribution in [2.24, 2.45) is 7.05 Å². The van der Waals surface area contributed by atoms with Gasteiger partial charge in [0.2, 0.25) is 0 Å². The van der Waals surface area contributed by atoms with Crippen molar-refractivity contribution < 1.29 is 9.53 Å². The van der Waals surface area contributed by atoms with Crippen LogP contribution in [0.5, 0.6) is 0 Å². The molecule has 26 heavy (non-hydrogen) atoms. The van der Waals surface area contributed by atoms with Crippen LogP contribution < -0.4 is 5.46 Å². The molecule has 7 nitrogen and oxygen atoms in total. The number of aromatic nitrogens is 5. The van der Waals surface area contributed by atoms with Crippen molar-refractivity contribution in [2.45, 2.75) is 25.2 Å². The SMILES string of the molecule is [B]c1cccc(-n2ncc(C(=O)OCC)c2[C@@H]2C[C@H]2c2cn(C)nn2)c1. The summed E-state index contributed by atoms with van der Waals surface area (Å²) in [4.78, 5) is 12.4. The number of hydrogen-bond acceptors (Lipinski definition) is 5. The molecule has 2 aromatic heterocycles. The van der Waals surface area contributed by atoms with Gasteiger partial charge in [0.1, 0.15) is 13.4 Å². The van der Waals surface area contributed by atoms with Crippen molar-refractivity contribution in [3.05, 3.63) is 53.6 Å². The molecule has 0 spiro atoms. The molecule has 130 valence electrons. The summed E-state index contributed by atoms with van der Waals surface area (Å²) in [5.74, 6) is -0.00845. The summed E-state index contributed by atoms with van der Waals surface area (Å²) >= 11 is 0. The Morgan fingerprint density at radius 1 is 1.38 bits per heavy atom. The van der Waals surface area contributed by atoms with Crippen LogP contribution in [0.2, 0.25) is 0 Å². The van der Waals surface area contributed by atoms with E-state index in [0.717, 1.165) is 23.5 Å². The summed E-state index contributed by atoms with van der Waals surface area (Å²) < 4.78 is 8.68. The first-order valence-electron chi connectivity index (χ1n) is 8.55. The van der Waals surface area contributed by atoms with E-state index in [1.54, 1.807) is 22.5 Å². The van der Waals surface area contributed by atoms with Crippen LogP contribution in [0.1, 0.15) is 46.9 Å². The van der Waals surface area contributed by atoms with E-state index in [4.69, 9.17) is 12.6 Å². The lowest BCUT2D eigenvalue weighted by Gasteiger charge is -2.10. The van der Waals surface area contributed by atoms with Gasteiger partial charge in [0, 0.05) is 25.1 Å². The van der Waals surface area contributed by atoms with Gasteiger partial charge in [0.25, 0.3) is 0 Å². The number of benzene rings is 1. The number of rotatable bonds is 5. The van der Waals surface area contributed by atoms with Gasteiger partial charge < -0.3 is 4.74 Å². The van der Waals surface area contributed by atoms with E-state index in [2.05, 4.69) is 15.4 Å². The van der Waals surface area contributed by atoms with Crippen LogP contribution in [-0.2, 0) is 11.8 Å². The average molecular weight is 347 g/mol. The van der Waals surface area contributed by atoms with Crippen LogP contribution in [0.3, 0.4) is 0 Å². The molecular formula is C18H18BN5O2. The second-order valence-corrected chi connectivity index (χ2v) is 6.44. The smallest absolute Gasteiger partial charge is 0.341 e. The van der Waals surface area contributed by atoms with Crippen LogP contribution in [0.4, 0.5) is 0 Å². The second kappa shape index (κ2) is 6.44. The van der Waals surface area contributed by atoms with Gasteiger partial charge in [-0.1, -0.05) is 22.8 Å². The number of ether oxygens (including phenoxy) is 1. The molecule has 3 aromatic rings. The third-order valence-corrected chi connectivity index (χ3v) is 4.56. The summed E-state index contributed by atoms with van der Waals surface area (Å²) in [6.45, 7) is 2.11. The van der Waals surface area contributed by atoms with E-state index in [-0.39, 0.29) is 17.8 Å². The van der Waals surface area contributed by atoms with Gasteiger partial charge in [-0.3, -0.25) is 4.68 Å². The van der Waals surface area contributed by atoms with Crippen molar-refractivity contribution in [3.63, 3.8) is 0 Å². The Morgan fingerprint density at radius 2 is 2.23 bits per heavy atom. The van der Waals surface area contributed by atoms with Crippen LogP contribution >= 0.6 is 0 Å². The fourth-order valence-electron chi connectivity index (χ4n) is 3.30. The zero-order valence-corrected chi connectivity index (χ0v) is 14.7. The lowest BCUT2D eigenvalue weighted by atomic mass is 9.96. The van der Waals surface area contributed by atoms with Crippen LogP contribution in [0.15, 0.2) is 36.7 Å². The summed E-state index contributed by atoms with van der Waals surface area (Å²) in [5, 5.41) is 12.7. The van der Waals surface area contributed by atoms with Crippen LogP contribution in [-0.4, -0.2) is 45.2 Å². The van der Waals surface area contributed by atoms with E-state index in [9.17, 15) is 4.79 Å². The quantitative estimate of drug-likeness (QED) is 0.513. The normalized spacial score (nSPS) is 18.7. The highest BCUT2D eigenvalue weighted by Crippen LogP contribution is 2.55. The maximum absolute atomic E-state index is 12.4. The molecule has 1 aromatic carbocycles. The predicted octanol–water partition coefficient (Wildman–Crippen LogP) is 1.24. The molecule has 2 radical (unpaired) electrons. The second-order valence-electron chi connectivity index (χ2n) is 6.44. The molecule has 4 rings (SSSR count). The molecule has 0 amide bonds. The van der Waals surface area contributed by atoms with Gasteiger partial charge in [-0.15, -0.1) is 5.10 Å². The van der Waals surface area contributed by atoms with Gasteiger partial charge in [-0.25, -0.2) is 9.48 Å². The maximum atomic E-state index is 12.4. The number of carbonyl (C=O) groups is 1. The molecular weight excluding hydrogens is 329 g/mol. The Kier molecular flexibility index (Phi) is 4.10. The van der Waals surface area contributed by atoms with E-state index >= 15 is 0 Å². The fourth-order valence-corrected chi connectivity index (χ4v) is 3.30. The molecule has 1 aliphatic carbocycles. The van der Waals surface area contributed by atoms with E-state index in [1.807, 2.05) is 37.5 Å². The maximum Gasteiger partial charge on any atom is 0.341 e. The zero-order chi connectivity index (χ0) is 18.3.